The van der Waals surface area contributed by atoms with Gasteiger partial charge in [-0.1, -0.05) is 17.8 Å². The molecule has 1 N–H and O–H groups in total. The number of ether oxygens (including phenoxy) is 3. The highest BCUT2D eigenvalue weighted by Crippen LogP contribution is 2.41. The van der Waals surface area contributed by atoms with Crippen molar-refractivity contribution in [1.82, 2.24) is 24.2 Å². The van der Waals surface area contributed by atoms with Gasteiger partial charge in [0.05, 0.1) is 38.3 Å². The normalized spacial score (nSPS) is 14.7. The number of pyridine rings is 1. The molecule has 2 aromatic heterocycles. The SMILES string of the molecule is C=CCn1c(SCC(=O)N2CCN(c3cc4c(cc3F)c(=O)c(C(=O)O)cn4C3CC3)CC2)nnc1-c1cc(OC)c(OC)c(OC)c1. The van der Waals surface area contributed by atoms with Gasteiger partial charge < -0.3 is 33.7 Å². The summed E-state index contributed by atoms with van der Waals surface area (Å²) in [5.41, 5.74) is 0.440. The third-order valence-electron chi connectivity index (χ3n) is 8.52. The van der Waals surface area contributed by atoms with Crippen molar-refractivity contribution in [3.05, 3.63) is 64.7 Å². The molecule has 2 aliphatic rings. The van der Waals surface area contributed by atoms with Gasteiger partial charge in [-0.25, -0.2) is 9.18 Å². The lowest BCUT2D eigenvalue weighted by Crippen LogP contribution is -2.49. The maximum Gasteiger partial charge on any atom is 0.341 e. The second kappa shape index (κ2) is 13.6. The van der Waals surface area contributed by atoms with Crippen molar-refractivity contribution in [2.75, 3.05) is 58.2 Å². The predicted octanol–water partition coefficient (Wildman–Crippen LogP) is 4.08. The van der Waals surface area contributed by atoms with E-state index in [9.17, 15) is 19.5 Å². The maximum absolute atomic E-state index is 15.4. The molecule has 0 radical (unpaired) electrons. The fourth-order valence-corrected chi connectivity index (χ4v) is 6.79. The molecule has 1 aliphatic heterocycles. The lowest BCUT2D eigenvalue weighted by Gasteiger charge is -2.36. The maximum atomic E-state index is 15.4. The monoisotopic (exact) mass is 678 g/mol. The number of fused-ring (bicyclic) bond motifs is 1. The van der Waals surface area contributed by atoms with Crippen LogP contribution in [0.5, 0.6) is 17.2 Å². The van der Waals surface area contributed by atoms with Gasteiger partial charge in [0.1, 0.15) is 11.4 Å². The first-order valence-electron chi connectivity index (χ1n) is 15.3. The topological polar surface area (TPSA) is 141 Å². The second-order valence-electron chi connectivity index (χ2n) is 11.4. The molecule has 3 heterocycles. The van der Waals surface area contributed by atoms with Crippen LogP contribution in [0.4, 0.5) is 10.1 Å². The number of hydrogen-bond acceptors (Lipinski definition) is 10. The van der Waals surface area contributed by atoms with Gasteiger partial charge in [0.25, 0.3) is 0 Å². The summed E-state index contributed by atoms with van der Waals surface area (Å²) >= 11 is 1.26. The summed E-state index contributed by atoms with van der Waals surface area (Å²) in [5.74, 6) is 0.0210. The Bertz CT molecular complexity index is 1940. The molecule has 0 bridgehead atoms. The van der Waals surface area contributed by atoms with E-state index in [2.05, 4.69) is 16.8 Å². The standard InChI is InChI=1S/C33H35FN6O7S/c1-5-8-39-31(19-13-26(45-2)30(47-4)27(14-19)46-3)35-36-33(39)48-18-28(41)38-11-9-37(10-12-38)25-16-24-21(15-23(25)34)29(42)22(32(43)44)17-40(24)20-6-7-20/h5,13-17,20H,1,6-12,18H2,2-4H3,(H,43,44). The Morgan fingerprint density at radius 3 is 2.31 bits per heavy atom. The zero-order chi connectivity index (χ0) is 34.1. The van der Waals surface area contributed by atoms with E-state index in [-0.39, 0.29) is 28.7 Å². The van der Waals surface area contributed by atoms with E-state index in [1.807, 2.05) is 9.47 Å². The number of methoxy groups -OCH3 is 3. The summed E-state index contributed by atoms with van der Waals surface area (Å²) < 4.78 is 35.5. The number of rotatable bonds is 12. The first-order chi connectivity index (χ1) is 23.2. The van der Waals surface area contributed by atoms with Gasteiger partial charge in [-0.05, 0) is 37.1 Å². The van der Waals surface area contributed by atoms with Crippen LogP contribution < -0.4 is 24.5 Å². The molecule has 2 aromatic carbocycles. The van der Waals surface area contributed by atoms with Crippen LogP contribution in [0.3, 0.4) is 0 Å². The van der Waals surface area contributed by atoms with Crippen LogP contribution in [0.25, 0.3) is 22.3 Å². The predicted molar refractivity (Wildman–Crippen MR) is 178 cm³/mol. The van der Waals surface area contributed by atoms with Crippen LogP contribution in [0.15, 0.2) is 53.1 Å². The summed E-state index contributed by atoms with van der Waals surface area (Å²) in [6.45, 7) is 5.78. The molecule has 1 amide bonds. The average Bonchev–Trinajstić information content (AvgIpc) is 3.86. The smallest absolute Gasteiger partial charge is 0.341 e. The Hall–Kier alpha value is -5.05. The molecule has 1 saturated heterocycles. The number of nitrogens with zero attached hydrogens (tertiary/aromatic N) is 6. The molecule has 0 spiro atoms. The molecule has 0 atom stereocenters. The van der Waals surface area contributed by atoms with Gasteiger partial charge in [-0.3, -0.25) is 14.2 Å². The fourth-order valence-electron chi connectivity index (χ4n) is 5.94. The number of carbonyl (C=O) groups is 2. The summed E-state index contributed by atoms with van der Waals surface area (Å²) in [6, 6.07) is 6.40. The van der Waals surface area contributed by atoms with Gasteiger partial charge in [0, 0.05) is 55.9 Å². The van der Waals surface area contributed by atoms with E-state index in [1.165, 1.54) is 39.3 Å². The Morgan fingerprint density at radius 1 is 1.04 bits per heavy atom. The minimum atomic E-state index is -1.33. The minimum Gasteiger partial charge on any atom is -0.493 e. The molecule has 252 valence electrons. The second-order valence-corrected chi connectivity index (χ2v) is 12.4. The van der Waals surface area contributed by atoms with E-state index in [1.54, 1.807) is 33.7 Å². The van der Waals surface area contributed by atoms with Gasteiger partial charge >= 0.3 is 5.97 Å². The molecule has 13 nitrogen and oxygen atoms in total. The van der Waals surface area contributed by atoms with Gasteiger partial charge in [0.15, 0.2) is 22.5 Å². The van der Waals surface area contributed by atoms with Crippen molar-refractivity contribution < 1.29 is 33.3 Å². The molecule has 4 aromatic rings. The number of carboxylic acids is 1. The van der Waals surface area contributed by atoms with E-state index < -0.39 is 17.2 Å². The highest BCUT2D eigenvalue weighted by molar-refractivity contribution is 7.99. The van der Waals surface area contributed by atoms with Crippen LogP contribution in [0.1, 0.15) is 29.2 Å². The summed E-state index contributed by atoms with van der Waals surface area (Å²) in [6.07, 6.45) is 4.80. The molecular weight excluding hydrogens is 643 g/mol. The van der Waals surface area contributed by atoms with Crippen LogP contribution in [0, 0.1) is 5.82 Å². The number of allylic oxidation sites excluding steroid dienone is 1. The first kappa shape index (κ1) is 32.9. The number of halogens is 1. The van der Waals surface area contributed by atoms with E-state index in [0.29, 0.717) is 77.7 Å². The molecule has 6 rings (SSSR count). The third kappa shape index (κ3) is 6.17. The van der Waals surface area contributed by atoms with Crippen molar-refractivity contribution in [2.24, 2.45) is 0 Å². The van der Waals surface area contributed by atoms with Gasteiger partial charge in [0.2, 0.25) is 17.1 Å². The van der Waals surface area contributed by atoms with Crippen molar-refractivity contribution in [3.63, 3.8) is 0 Å². The quantitative estimate of drug-likeness (QED) is 0.171. The number of hydrogen-bond donors (Lipinski definition) is 1. The van der Waals surface area contributed by atoms with Crippen molar-refractivity contribution in [3.8, 4) is 28.6 Å². The number of thioether (sulfide) groups is 1. The number of benzene rings is 2. The zero-order valence-corrected chi connectivity index (χ0v) is 27.6. The van der Waals surface area contributed by atoms with Crippen molar-refractivity contribution in [1.29, 1.82) is 0 Å². The lowest BCUT2D eigenvalue weighted by atomic mass is 10.1. The molecule has 48 heavy (non-hydrogen) atoms. The molecule has 2 fully saturated rings. The minimum absolute atomic E-state index is 0.0478. The Balaban J connectivity index is 1.15. The van der Waals surface area contributed by atoms with Gasteiger partial charge in [-0.2, -0.15) is 0 Å². The highest BCUT2D eigenvalue weighted by atomic mass is 32.2. The van der Waals surface area contributed by atoms with E-state index >= 15 is 4.39 Å². The Labute approximate surface area is 279 Å². The highest BCUT2D eigenvalue weighted by Gasteiger charge is 2.29. The van der Waals surface area contributed by atoms with Crippen LogP contribution in [-0.2, 0) is 11.3 Å². The fraction of sp³-hybridized carbons (Fsp3) is 0.364. The number of piperazine rings is 1. The van der Waals surface area contributed by atoms with Crippen LogP contribution >= 0.6 is 11.8 Å². The Morgan fingerprint density at radius 2 is 1.73 bits per heavy atom. The molecule has 1 saturated carbocycles. The largest absolute Gasteiger partial charge is 0.493 e. The molecule has 15 heteroatoms. The number of anilines is 1. The van der Waals surface area contributed by atoms with E-state index in [4.69, 9.17) is 14.2 Å². The molecule has 0 unspecified atom stereocenters. The lowest BCUT2D eigenvalue weighted by molar-refractivity contribution is -0.128. The summed E-state index contributed by atoms with van der Waals surface area (Å²) in [5, 5.41) is 18.8. The first-order valence-corrected chi connectivity index (χ1v) is 16.3. The number of carbonyl (C=O) groups excluding carboxylic acids is 1. The third-order valence-corrected chi connectivity index (χ3v) is 9.47. The van der Waals surface area contributed by atoms with Crippen LogP contribution in [-0.4, -0.2) is 94.5 Å². The summed E-state index contributed by atoms with van der Waals surface area (Å²) in [7, 11) is 4.60. The molecule has 1 aliphatic carbocycles. The zero-order valence-electron chi connectivity index (χ0n) is 26.8. The van der Waals surface area contributed by atoms with Crippen molar-refractivity contribution >= 4 is 40.2 Å². The number of amides is 1. The van der Waals surface area contributed by atoms with Gasteiger partial charge in [-0.15, -0.1) is 16.8 Å². The van der Waals surface area contributed by atoms with E-state index in [0.717, 1.165) is 18.9 Å². The Kier molecular flexibility index (Phi) is 9.31. The number of aromatic nitrogens is 4. The summed E-state index contributed by atoms with van der Waals surface area (Å²) in [4.78, 5) is 41.4. The molecular formula is C33H35FN6O7S. The van der Waals surface area contributed by atoms with Crippen molar-refractivity contribution in [2.45, 2.75) is 30.6 Å². The number of aromatic carboxylic acids is 1. The van der Waals surface area contributed by atoms with Crippen LogP contribution in [0.2, 0.25) is 0 Å². The average molecular weight is 679 g/mol. The number of carboxylic acid groups (broad SMARTS) is 1.